The SMILES string of the molecule is NCCN1CCC(C2CC2(F)F)c2ccccc21. The predicted molar refractivity (Wildman–Crippen MR) is 68.1 cm³/mol. The van der Waals surface area contributed by atoms with Crippen molar-refractivity contribution in [2.45, 2.75) is 24.7 Å². The van der Waals surface area contributed by atoms with E-state index in [0.29, 0.717) is 6.54 Å². The van der Waals surface area contributed by atoms with Gasteiger partial charge in [0.2, 0.25) is 0 Å². The van der Waals surface area contributed by atoms with Crippen molar-refractivity contribution in [1.82, 2.24) is 0 Å². The summed E-state index contributed by atoms with van der Waals surface area (Å²) in [7, 11) is 0. The lowest BCUT2D eigenvalue weighted by Crippen LogP contribution is -2.35. The van der Waals surface area contributed by atoms with Crippen LogP contribution in [0.3, 0.4) is 0 Å². The summed E-state index contributed by atoms with van der Waals surface area (Å²) in [4.78, 5) is 2.21. The van der Waals surface area contributed by atoms with Crippen LogP contribution in [0, 0.1) is 5.92 Å². The maximum atomic E-state index is 13.3. The molecule has 0 amide bonds. The molecule has 2 N–H and O–H groups in total. The molecule has 1 saturated carbocycles. The van der Waals surface area contributed by atoms with Crippen LogP contribution in [0.2, 0.25) is 0 Å². The zero-order valence-corrected chi connectivity index (χ0v) is 10.3. The van der Waals surface area contributed by atoms with Gasteiger partial charge < -0.3 is 10.6 Å². The Balaban J connectivity index is 1.90. The fourth-order valence-electron chi connectivity index (χ4n) is 3.14. The molecular formula is C14H18F2N2. The average Bonchev–Trinajstić information content (AvgIpc) is 2.99. The minimum atomic E-state index is -2.44. The van der Waals surface area contributed by atoms with E-state index in [4.69, 9.17) is 5.73 Å². The molecule has 1 aromatic carbocycles. The summed E-state index contributed by atoms with van der Waals surface area (Å²) < 4.78 is 26.6. The molecule has 0 radical (unpaired) electrons. The first kappa shape index (κ1) is 11.9. The summed E-state index contributed by atoms with van der Waals surface area (Å²) in [6.07, 6.45) is 0.875. The molecule has 3 rings (SSSR count). The van der Waals surface area contributed by atoms with Crippen molar-refractivity contribution in [2.75, 3.05) is 24.5 Å². The average molecular weight is 252 g/mol. The lowest BCUT2D eigenvalue weighted by Gasteiger charge is -2.35. The Bertz CT molecular complexity index is 447. The van der Waals surface area contributed by atoms with Gasteiger partial charge in [0.25, 0.3) is 5.92 Å². The van der Waals surface area contributed by atoms with Crippen molar-refractivity contribution in [3.05, 3.63) is 29.8 Å². The minimum Gasteiger partial charge on any atom is -0.370 e. The molecule has 2 atom stereocenters. The van der Waals surface area contributed by atoms with Gasteiger partial charge in [-0.15, -0.1) is 0 Å². The monoisotopic (exact) mass is 252 g/mol. The quantitative estimate of drug-likeness (QED) is 0.896. The van der Waals surface area contributed by atoms with E-state index in [1.54, 1.807) is 0 Å². The molecule has 1 aliphatic carbocycles. The maximum Gasteiger partial charge on any atom is 0.252 e. The molecule has 1 fully saturated rings. The Morgan fingerprint density at radius 1 is 1.33 bits per heavy atom. The normalized spacial score (nSPS) is 28.9. The largest absolute Gasteiger partial charge is 0.370 e. The first-order valence-corrected chi connectivity index (χ1v) is 6.55. The lowest BCUT2D eigenvalue weighted by molar-refractivity contribution is 0.0917. The molecule has 4 heteroatoms. The van der Waals surface area contributed by atoms with E-state index in [1.807, 2.05) is 24.3 Å². The van der Waals surface area contributed by atoms with E-state index in [0.717, 1.165) is 30.8 Å². The van der Waals surface area contributed by atoms with Crippen LogP contribution in [0.25, 0.3) is 0 Å². The minimum absolute atomic E-state index is 0.0187. The van der Waals surface area contributed by atoms with Crippen LogP contribution < -0.4 is 10.6 Å². The third-order valence-corrected chi connectivity index (χ3v) is 4.15. The van der Waals surface area contributed by atoms with Gasteiger partial charge in [-0.1, -0.05) is 18.2 Å². The highest BCUT2D eigenvalue weighted by molar-refractivity contribution is 5.57. The van der Waals surface area contributed by atoms with Gasteiger partial charge in [0.15, 0.2) is 0 Å². The highest BCUT2D eigenvalue weighted by atomic mass is 19.3. The summed E-state index contributed by atoms with van der Waals surface area (Å²) in [5.74, 6) is -2.86. The van der Waals surface area contributed by atoms with Gasteiger partial charge >= 0.3 is 0 Å². The second-order valence-corrected chi connectivity index (χ2v) is 5.30. The molecule has 1 heterocycles. The number of rotatable bonds is 3. The molecular weight excluding hydrogens is 234 g/mol. The molecule has 0 spiro atoms. The van der Waals surface area contributed by atoms with Gasteiger partial charge in [-0.3, -0.25) is 0 Å². The van der Waals surface area contributed by atoms with E-state index in [-0.39, 0.29) is 12.3 Å². The van der Waals surface area contributed by atoms with Gasteiger partial charge in [0.05, 0.1) is 0 Å². The van der Waals surface area contributed by atoms with Crippen molar-refractivity contribution in [1.29, 1.82) is 0 Å². The van der Waals surface area contributed by atoms with Crippen LogP contribution in [0.5, 0.6) is 0 Å². The number of hydrogen-bond acceptors (Lipinski definition) is 2. The van der Waals surface area contributed by atoms with Crippen molar-refractivity contribution < 1.29 is 8.78 Å². The summed E-state index contributed by atoms with van der Waals surface area (Å²) in [5.41, 5.74) is 7.79. The Morgan fingerprint density at radius 3 is 2.72 bits per heavy atom. The Kier molecular flexibility index (Phi) is 2.77. The van der Waals surface area contributed by atoms with E-state index < -0.39 is 11.8 Å². The molecule has 1 aromatic rings. The number of para-hydroxylation sites is 1. The summed E-state index contributed by atoms with van der Waals surface area (Å²) >= 11 is 0. The number of halogens is 2. The van der Waals surface area contributed by atoms with Crippen LogP contribution in [0.4, 0.5) is 14.5 Å². The van der Waals surface area contributed by atoms with Gasteiger partial charge in [-0.25, -0.2) is 8.78 Å². The fourth-order valence-corrected chi connectivity index (χ4v) is 3.14. The lowest BCUT2D eigenvalue weighted by atomic mass is 9.86. The number of fused-ring (bicyclic) bond motifs is 1. The highest BCUT2D eigenvalue weighted by Crippen LogP contribution is 2.58. The van der Waals surface area contributed by atoms with E-state index in [2.05, 4.69) is 4.90 Å². The second-order valence-electron chi connectivity index (χ2n) is 5.30. The van der Waals surface area contributed by atoms with Gasteiger partial charge in [-0.2, -0.15) is 0 Å². The van der Waals surface area contributed by atoms with Gasteiger partial charge in [0.1, 0.15) is 0 Å². The number of nitrogens with two attached hydrogens (primary N) is 1. The van der Waals surface area contributed by atoms with Crippen LogP contribution in [-0.2, 0) is 0 Å². The van der Waals surface area contributed by atoms with E-state index in [9.17, 15) is 8.78 Å². The molecule has 1 aliphatic heterocycles. The second kappa shape index (κ2) is 4.19. The smallest absolute Gasteiger partial charge is 0.252 e. The number of anilines is 1. The third kappa shape index (κ3) is 1.88. The Labute approximate surface area is 106 Å². The van der Waals surface area contributed by atoms with Crippen LogP contribution in [0.15, 0.2) is 24.3 Å². The van der Waals surface area contributed by atoms with Crippen LogP contribution in [0.1, 0.15) is 24.3 Å². The molecule has 2 aliphatic rings. The molecule has 18 heavy (non-hydrogen) atoms. The van der Waals surface area contributed by atoms with Gasteiger partial charge in [-0.05, 0) is 24.0 Å². The maximum absolute atomic E-state index is 13.3. The predicted octanol–water partition coefficient (Wildman–Crippen LogP) is 2.59. The van der Waals surface area contributed by atoms with Crippen LogP contribution >= 0.6 is 0 Å². The summed E-state index contributed by atoms with van der Waals surface area (Å²) in [5, 5.41) is 0. The van der Waals surface area contributed by atoms with E-state index >= 15 is 0 Å². The van der Waals surface area contributed by atoms with Crippen LogP contribution in [-0.4, -0.2) is 25.6 Å². The topological polar surface area (TPSA) is 29.3 Å². The zero-order valence-electron chi connectivity index (χ0n) is 10.3. The van der Waals surface area contributed by atoms with Crippen molar-refractivity contribution in [3.8, 4) is 0 Å². The molecule has 0 aromatic heterocycles. The molecule has 0 bridgehead atoms. The van der Waals surface area contributed by atoms with E-state index in [1.165, 1.54) is 0 Å². The Morgan fingerprint density at radius 2 is 2.06 bits per heavy atom. The zero-order chi connectivity index (χ0) is 12.8. The summed E-state index contributed by atoms with van der Waals surface area (Å²) in [6.45, 7) is 2.23. The summed E-state index contributed by atoms with van der Waals surface area (Å²) in [6, 6.07) is 7.93. The van der Waals surface area contributed by atoms with Gasteiger partial charge in [0, 0.05) is 37.7 Å². The third-order valence-electron chi connectivity index (χ3n) is 4.15. The molecule has 2 nitrogen and oxygen atoms in total. The number of hydrogen-bond donors (Lipinski definition) is 1. The molecule has 2 unspecified atom stereocenters. The van der Waals surface area contributed by atoms with Crippen molar-refractivity contribution in [3.63, 3.8) is 0 Å². The molecule has 0 saturated heterocycles. The highest BCUT2D eigenvalue weighted by Gasteiger charge is 2.60. The van der Waals surface area contributed by atoms with Crippen molar-refractivity contribution >= 4 is 5.69 Å². The number of benzene rings is 1. The number of alkyl halides is 2. The Hall–Kier alpha value is -1.16. The van der Waals surface area contributed by atoms with Crippen molar-refractivity contribution in [2.24, 2.45) is 11.7 Å². The number of nitrogens with zero attached hydrogens (tertiary/aromatic N) is 1. The first-order chi connectivity index (χ1) is 8.63. The standard InChI is InChI=1S/C14H18F2N2/c15-14(16)9-12(14)10-5-7-18(8-6-17)13-4-2-1-3-11(10)13/h1-4,10,12H,5-9,17H2. The molecule has 98 valence electrons. The fraction of sp³-hybridized carbons (Fsp3) is 0.571. The first-order valence-electron chi connectivity index (χ1n) is 6.55.